The molecule has 6 rings (SSSR count). The van der Waals surface area contributed by atoms with E-state index >= 15 is 0 Å². The molecule has 2 heterocycles. The van der Waals surface area contributed by atoms with Gasteiger partial charge in [0, 0.05) is 11.6 Å². The van der Waals surface area contributed by atoms with Gasteiger partial charge >= 0.3 is 0 Å². The number of piperidine rings is 1. The Bertz CT molecular complexity index is 1190. The number of likely N-dealkylation sites (N-methyl/N-ethyl adjacent to an activating group) is 1. The quantitative estimate of drug-likeness (QED) is 0.700. The molecule has 0 aromatic heterocycles. The van der Waals surface area contributed by atoms with Gasteiger partial charge in [0.25, 0.3) is 0 Å². The molecule has 1 fully saturated rings. The van der Waals surface area contributed by atoms with Crippen LogP contribution in [0.2, 0.25) is 0 Å². The molecule has 4 aliphatic rings. The molecule has 2 aliphatic carbocycles. The highest BCUT2D eigenvalue weighted by molar-refractivity contribution is 6.02. The standard InChI is InChI=1S/C28H29NO4/c1-26-23(30)13-14-28(32-17-7-10-19-8-5-4-6-9-19)22-18-20-11-12-21(31-3)25(33-26)24(20)27(26,28)15-16-29(22)2/h4-14,22H,15-18H2,1-3H3/t22-,26+,27+,28-/m1/s1. The minimum Gasteiger partial charge on any atom is -0.493 e. The number of carbonyl (C=O) groups excluding carboxylic acids is 1. The summed E-state index contributed by atoms with van der Waals surface area (Å²) in [5.41, 5.74) is 1.18. The molecule has 170 valence electrons. The van der Waals surface area contributed by atoms with Gasteiger partial charge in [0.05, 0.1) is 19.1 Å². The molecule has 5 nitrogen and oxygen atoms in total. The first-order chi connectivity index (χ1) is 16.0. The molecule has 2 aliphatic heterocycles. The number of likely N-dealkylation sites (tertiary alicyclic amines) is 1. The number of hydrogen-bond acceptors (Lipinski definition) is 5. The number of ether oxygens (including phenoxy) is 3. The van der Waals surface area contributed by atoms with E-state index in [0.29, 0.717) is 18.1 Å². The maximum absolute atomic E-state index is 13.4. The maximum Gasteiger partial charge on any atom is 0.199 e. The normalized spacial score (nSPS) is 33.8. The highest BCUT2D eigenvalue weighted by Gasteiger charge is 2.77. The topological polar surface area (TPSA) is 48.0 Å². The molecule has 1 saturated heterocycles. The van der Waals surface area contributed by atoms with Crippen LogP contribution in [-0.2, 0) is 21.4 Å². The van der Waals surface area contributed by atoms with Crippen LogP contribution in [-0.4, -0.2) is 55.2 Å². The monoisotopic (exact) mass is 443 g/mol. The maximum atomic E-state index is 13.4. The molecule has 0 N–H and O–H groups in total. The third-order valence-electron chi connectivity index (χ3n) is 8.40. The SMILES string of the molecule is COc1ccc2c3c1O[C@@]1(C)C(=O)C=C[C@@]4(OCC=Cc5ccccc5)[C@@H](C2)N(C)CC[C@]314. The predicted octanol–water partition coefficient (Wildman–Crippen LogP) is 3.95. The zero-order valence-electron chi connectivity index (χ0n) is 19.3. The summed E-state index contributed by atoms with van der Waals surface area (Å²) in [4.78, 5) is 15.8. The lowest BCUT2D eigenvalue weighted by atomic mass is 9.47. The van der Waals surface area contributed by atoms with Crippen LogP contribution in [0.15, 0.2) is 60.7 Å². The second kappa shape index (κ2) is 7.05. The molecule has 33 heavy (non-hydrogen) atoms. The second-order valence-electron chi connectivity index (χ2n) is 9.74. The Labute approximate surface area is 194 Å². The van der Waals surface area contributed by atoms with Crippen molar-refractivity contribution in [2.45, 2.75) is 42.4 Å². The number of nitrogens with zero attached hydrogens (tertiary/aromatic N) is 1. The number of benzene rings is 2. The molecule has 0 unspecified atom stereocenters. The molecule has 0 saturated carbocycles. The first-order valence-electron chi connectivity index (χ1n) is 11.7. The van der Waals surface area contributed by atoms with E-state index in [-0.39, 0.29) is 11.8 Å². The van der Waals surface area contributed by atoms with Gasteiger partial charge < -0.3 is 14.2 Å². The van der Waals surface area contributed by atoms with E-state index in [0.717, 1.165) is 30.5 Å². The zero-order valence-corrected chi connectivity index (χ0v) is 19.3. The van der Waals surface area contributed by atoms with Gasteiger partial charge in [-0.25, -0.2) is 0 Å². The van der Waals surface area contributed by atoms with Crippen molar-refractivity contribution >= 4 is 11.9 Å². The number of methoxy groups -OCH3 is 1. The van der Waals surface area contributed by atoms with Crippen molar-refractivity contribution in [2.24, 2.45) is 0 Å². The molecule has 0 radical (unpaired) electrons. The fourth-order valence-electron chi connectivity index (χ4n) is 6.86. The Hall–Kier alpha value is -2.89. The van der Waals surface area contributed by atoms with E-state index in [2.05, 4.69) is 42.3 Å². The fourth-order valence-corrected chi connectivity index (χ4v) is 6.86. The van der Waals surface area contributed by atoms with Crippen molar-refractivity contribution in [2.75, 3.05) is 27.3 Å². The first kappa shape index (κ1) is 20.7. The van der Waals surface area contributed by atoms with E-state index in [1.54, 1.807) is 13.2 Å². The fraction of sp³-hybridized carbons (Fsp3) is 0.393. The summed E-state index contributed by atoms with van der Waals surface area (Å²) in [6.45, 7) is 3.28. The Balaban J connectivity index is 1.50. The second-order valence-corrected chi connectivity index (χ2v) is 9.74. The van der Waals surface area contributed by atoms with Crippen LogP contribution >= 0.6 is 0 Å². The van der Waals surface area contributed by atoms with Crippen LogP contribution in [0, 0.1) is 0 Å². The van der Waals surface area contributed by atoms with Crippen molar-refractivity contribution in [3.8, 4) is 11.5 Å². The number of rotatable bonds is 5. The molecule has 2 bridgehead atoms. The Kier molecular flexibility index (Phi) is 4.42. The molecule has 0 amide bonds. The smallest absolute Gasteiger partial charge is 0.199 e. The van der Waals surface area contributed by atoms with Crippen molar-refractivity contribution < 1.29 is 19.0 Å². The largest absolute Gasteiger partial charge is 0.493 e. The molecular formula is C28H29NO4. The Morgan fingerprint density at radius 2 is 2.03 bits per heavy atom. The lowest BCUT2D eigenvalue weighted by molar-refractivity contribution is -0.189. The van der Waals surface area contributed by atoms with Crippen molar-refractivity contribution in [3.05, 3.63) is 77.4 Å². The van der Waals surface area contributed by atoms with Crippen LogP contribution in [0.3, 0.4) is 0 Å². The van der Waals surface area contributed by atoms with Crippen LogP contribution in [0.1, 0.15) is 30.0 Å². The van der Waals surface area contributed by atoms with E-state index < -0.39 is 16.6 Å². The summed E-state index contributed by atoms with van der Waals surface area (Å²) in [5.74, 6) is 1.39. The van der Waals surface area contributed by atoms with Crippen LogP contribution in [0.5, 0.6) is 11.5 Å². The van der Waals surface area contributed by atoms with Gasteiger partial charge in [-0.05, 0) is 62.7 Å². The summed E-state index contributed by atoms with van der Waals surface area (Å²) in [6, 6.07) is 14.4. The minimum atomic E-state index is -1.03. The van der Waals surface area contributed by atoms with Gasteiger partial charge in [0.15, 0.2) is 22.9 Å². The summed E-state index contributed by atoms with van der Waals surface area (Å²) < 4.78 is 19.2. The van der Waals surface area contributed by atoms with Crippen LogP contribution in [0.4, 0.5) is 0 Å². The number of carbonyl (C=O) groups is 1. The molecule has 5 heteroatoms. The highest BCUT2D eigenvalue weighted by atomic mass is 16.5. The molecule has 2 aromatic carbocycles. The van der Waals surface area contributed by atoms with Crippen LogP contribution < -0.4 is 9.47 Å². The molecule has 4 atom stereocenters. The lowest BCUT2D eigenvalue weighted by Gasteiger charge is -2.64. The van der Waals surface area contributed by atoms with E-state index in [1.807, 2.05) is 37.3 Å². The average molecular weight is 444 g/mol. The highest BCUT2D eigenvalue weighted by Crippen LogP contribution is 2.68. The average Bonchev–Trinajstić information content (AvgIpc) is 3.11. The van der Waals surface area contributed by atoms with E-state index in [4.69, 9.17) is 14.2 Å². The summed E-state index contributed by atoms with van der Waals surface area (Å²) in [5, 5.41) is 0. The predicted molar refractivity (Wildman–Crippen MR) is 127 cm³/mol. The van der Waals surface area contributed by atoms with Gasteiger partial charge in [0.2, 0.25) is 0 Å². The van der Waals surface area contributed by atoms with Gasteiger partial charge in [-0.3, -0.25) is 9.69 Å². The zero-order chi connectivity index (χ0) is 22.8. The van der Waals surface area contributed by atoms with E-state index in [1.165, 1.54) is 5.56 Å². The minimum absolute atomic E-state index is 0.00374. The van der Waals surface area contributed by atoms with E-state index in [9.17, 15) is 4.79 Å². The third-order valence-corrected chi connectivity index (χ3v) is 8.40. The summed E-state index contributed by atoms with van der Waals surface area (Å²) in [7, 11) is 3.82. The molecular weight excluding hydrogens is 414 g/mol. The number of hydrogen-bond donors (Lipinski definition) is 0. The third kappa shape index (κ3) is 2.47. The van der Waals surface area contributed by atoms with Crippen molar-refractivity contribution in [3.63, 3.8) is 0 Å². The van der Waals surface area contributed by atoms with Gasteiger partial charge in [-0.2, -0.15) is 0 Å². The molecule has 2 aromatic rings. The molecule has 1 spiro atoms. The van der Waals surface area contributed by atoms with Gasteiger partial charge in [-0.15, -0.1) is 0 Å². The Morgan fingerprint density at radius 1 is 1.21 bits per heavy atom. The summed E-state index contributed by atoms with van der Waals surface area (Å²) >= 11 is 0. The summed E-state index contributed by atoms with van der Waals surface area (Å²) in [6.07, 6.45) is 9.49. The number of ketones is 1. The van der Waals surface area contributed by atoms with Gasteiger partial charge in [-0.1, -0.05) is 48.6 Å². The van der Waals surface area contributed by atoms with Gasteiger partial charge in [0.1, 0.15) is 5.60 Å². The van der Waals surface area contributed by atoms with Crippen molar-refractivity contribution in [1.82, 2.24) is 4.90 Å². The Morgan fingerprint density at radius 3 is 2.82 bits per heavy atom. The van der Waals surface area contributed by atoms with Crippen LogP contribution in [0.25, 0.3) is 6.08 Å². The lowest BCUT2D eigenvalue weighted by Crippen LogP contribution is -2.79. The first-order valence-corrected chi connectivity index (χ1v) is 11.7. The van der Waals surface area contributed by atoms with Crippen molar-refractivity contribution in [1.29, 1.82) is 0 Å².